The number of ketones is 1. The molecule has 2 unspecified atom stereocenters. The Hall–Kier alpha value is -2.99. The molecular formula is C35H42Cl2N4O6. The summed E-state index contributed by atoms with van der Waals surface area (Å²) in [6.07, 6.45) is 6.77. The standard InChI is InChI=1S/C35H42Cl2N4O6/c1-39-21-26(25-8-3-4-9-30(25)39)33(43)38-29-20-27(36)23(18-28(29)37)19-31(42)35(40-15-5-6-16-40,41-17-7-10-32(41)46-2)47-24-13-11-22(12-14-24)34(44)45/h3-4,8-9,18,20-22,24,32H,5-7,10-17,19H2,1-2H3,(H,38,43)(H,44,45). The number of carboxylic acids is 1. The van der Waals surface area contributed by atoms with Gasteiger partial charge in [-0.15, -0.1) is 0 Å². The second-order valence-corrected chi connectivity index (χ2v) is 13.7. The minimum atomic E-state index is -1.40. The van der Waals surface area contributed by atoms with E-state index < -0.39 is 17.7 Å². The zero-order chi connectivity index (χ0) is 33.3. The van der Waals surface area contributed by atoms with E-state index in [4.69, 9.17) is 32.7 Å². The maximum absolute atomic E-state index is 14.8. The van der Waals surface area contributed by atoms with Crippen molar-refractivity contribution in [3.05, 3.63) is 63.8 Å². The van der Waals surface area contributed by atoms with E-state index in [2.05, 4.69) is 15.1 Å². The first-order valence-electron chi connectivity index (χ1n) is 16.4. The van der Waals surface area contributed by atoms with Crippen LogP contribution in [0.3, 0.4) is 0 Å². The number of hydrogen-bond acceptors (Lipinski definition) is 7. The quantitative estimate of drug-likeness (QED) is 0.241. The predicted molar refractivity (Wildman–Crippen MR) is 181 cm³/mol. The van der Waals surface area contributed by atoms with Gasteiger partial charge in [0.25, 0.3) is 5.91 Å². The van der Waals surface area contributed by atoms with Crippen molar-refractivity contribution in [3.8, 4) is 0 Å². The number of hydrogen-bond donors (Lipinski definition) is 2. The number of para-hydroxylation sites is 1. The van der Waals surface area contributed by atoms with Crippen molar-refractivity contribution in [2.24, 2.45) is 13.0 Å². The second kappa shape index (κ2) is 14.2. The van der Waals surface area contributed by atoms with Gasteiger partial charge < -0.3 is 24.5 Å². The van der Waals surface area contributed by atoms with Gasteiger partial charge in [-0.05, 0) is 75.1 Å². The Bertz CT molecular complexity index is 1650. The fourth-order valence-electron chi connectivity index (χ4n) is 7.55. The van der Waals surface area contributed by atoms with Gasteiger partial charge in [-0.1, -0.05) is 41.4 Å². The largest absolute Gasteiger partial charge is 0.481 e. The molecule has 1 amide bonds. The van der Waals surface area contributed by atoms with Crippen molar-refractivity contribution in [3.63, 3.8) is 0 Å². The molecule has 3 fully saturated rings. The van der Waals surface area contributed by atoms with Crippen molar-refractivity contribution in [1.29, 1.82) is 0 Å². The maximum Gasteiger partial charge on any atom is 0.306 e. The number of rotatable bonds is 11. The van der Waals surface area contributed by atoms with Gasteiger partial charge in [0, 0.05) is 62.3 Å². The Morgan fingerprint density at radius 1 is 0.979 bits per heavy atom. The fraction of sp³-hybridized carbons (Fsp3) is 0.514. The molecule has 0 radical (unpaired) electrons. The fourth-order valence-corrected chi connectivity index (χ4v) is 8.02. The number of fused-ring (bicyclic) bond motifs is 1. The van der Waals surface area contributed by atoms with E-state index in [1.54, 1.807) is 25.4 Å². The Morgan fingerprint density at radius 2 is 1.70 bits per heavy atom. The van der Waals surface area contributed by atoms with Crippen LogP contribution in [0.25, 0.3) is 10.9 Å². The summed E-state index contributed by atoms with van der Waals surface area (Å²) in [6, 6.07) is 10.9. The number of carboxylic acid groups (broad SMARTS) is 1. The summed E-state index contributed by atoms with van der Waals surface area (Å²) < 4.78 is 14.8. The number of benzene rings is 2. The summed E-state index contributed by atoms with van der Waals surface area (Å²) in [7, 11) is 3.54. The van der Waals surface area contributed by atoms with Crippen LogP contribution in [0.2, 0.25) is 10.0 Å². The van der Waals surface area contributed by atoms with Gasteiger partial charge in [-0.3, -0.25) is 19.3 Å². The molecule has 252 valence electrons. The molecule has 1 aliphatic carbocycles. The lowest BCUT2D eigenvalue weighted by molar-refractivity contribution is -0.276. The van der Waals surface area contributed by atoms with Gasteiger partial charge in [0.05, 0.1) is 28.3 Å². The lowest BCUT2D eigenvalue weighted by Crippen LogP contribution is -2.69. The van der Waals surface area contributed by atoms with E-state index in [0.717, 1.165) is 36.6 Å². The topological polar surface area (TPSA) is 113 Å². The van der Waals surface area contributed by atoms with E-state index in [1.165, 1.54) is 0 Å². The van der Waals surface area contributed by atoms with Gasteiger partial charge in [0.2, 0.25) is 5.85 Å². The van der Waals surface area contributed by atoms with E-state index in [0.29, 0.717) is 67.2 Å². The number of methoxy groups -OCH3 is 1. The number of aromatic nitrogens is 1. The molecule has 3 aliphatic rings. The van der Waals surface area contributed by atoms with Crippen molar-refractivity contribution < 1.29 is 29.0 Å². The van der Waals surface area contributed by atoms with Crippen LogP contribution in [0.1, 0.15) is 67.3 Å². The highest BCUT2D eigenvalue weighted by Crippen LogP contribution is 2.40. The van der Waals surface area contributed by atoms with E-state index in [9.17, 15) is 19.5 Å². The third-order valence-electron chi connectivity index (χ3n) is 9.99. The molecule has 0 bridgehead atoms. The number of carbonyl (C=O) groups is 3. The Balaban J connectivity index is 1.28. The van der Waals surface area contributed by atoms with Gasteiger partial charge in [-0.2, -0.15) is 0 Å². The molecule has 0 spiro atoms. The molecule has 2 atom stereocenters. The van der Waals surface area contributed by atoms with Crippen LogP contribution in [0.4, 0.5) is 5.69 Å². The average molecular weight is 686 g/mol. The Morgan fingerprint density at radius 3 is 2.40 bits per heavy atom. The van der Waals surface area contributed by atoms with Crippen molar-refractivity contribution in [2.45, 2.75) is 76.0 Å². The lowest BCUT2D eigenvalue weighted by atomic mass is 9.87. The van der Waals surface area contributed by atoms with E-state index >= 15 is 0 Å². The van der Waals surface area contributed by atoms with Gasteiger partial charge in [-0.25, -0.2) is 4.90 Å². The highest BCUT2D eigenvalue weighted by atomic mass is 35.5. The molecular weight excluding hydrogens is 643 g/mol. The summed E-state index contributed by atoms with van der Waals surface area (Å²) in [6.45, 7) is 2.01. The lowest BCUT2D eigenvalue weighted by Gasteiger charge is -2.50. The minimum absolute atomic E-state index is 0.0516. The average Bonchev–Trinajstić information content (AvgIpc) is 3.84. The molecule has 2 saturated heterocycles. The highest BCUT2D eigenvalue weighted by Gasteiger charge is 2.55. The van der Waals surface area contributed by atoms with Crippen LogP contribution < -0.4 is 5.32 Å². The summed E-state index contributed by atoms with van der Waals surface area (Å²) >= 11 is 13.6. The number of ether oxygens (including phenoxy) is 2. The molecule has 2 N–H and O–H groups in total. The number of carbonyl (C=O) groups excluding carboxylic acids is 2. The van der Waals surface area contributed by atoms with E-state index in [-0.39, 0.29) is 35.5 Å². The molecule has 10 nitrogen and oxygen atoms in total. The van der Waals surface area contributed by atoms with Gasteiger partial charge >= 0.3 is 5.97 Å². The monoisotopic (exact) mass is 684 g/mol. The SMILES string of the molecule is COC1CCCN1C(OC1CCC(C(=O)O)CC1)(C(=O)Cc1cc(Cl)c(NC(=O)c2cn(C)c3ccccc23)cc1Cl)N1CCCC1. The molecule has 6 rings (SSSR count). The van der Waals surface area contributed by atoms with Crippen LogP contribution in [0, 0.1) is 5.92 Å². The summed E-state index contributed by atoms with van der Waals surface area (Å²) in [4.78, 5) is 44.0. The van der Waals surface area contributed by atoms with Crippen LogP contribution >= 0.6 is 23.2 Å². The molecule has 1 aromatic heterocycles. The number of Topliss-reactive ketones (excluding diaryl/α,β-unsaturated/α-hetero) is 1. The molecule has 3 heterocycles. The number of likely N-dealkylation sites (tertiary alicyclic amines) is 2. The van der Waals surface area contributed by atoms with Crippen LogP contribution in [-0.2, 0) is 32.5 Å². The number of anilines is 1. The molecule has 12 heteroatoms. The normalized spacial score (nSPS) is 23.6. The molecule has 2 aromatic carbocycles. The number of nitrogens with one attached hydrogen (secondary N) is 1. The third kappa shape index (κ3) is 6.69. The zero-order valence-electron chi connectivity index (χ0n) is 26.8. The van der Waals surface area contributed by atoms with Crippen molar-refractivity contribution in [1.82, 2.24) is 14.4 Å². The van der Waals surface area contributed by atoms with Gasteiger partial charge in [0.1, 0.15) is 6.23 Å². The Labute approximate surface area is 284 Å². The molecule has 2 aliphatic heterocycles. The number of aryl methyl sites for hydroxylation is 1. The Kier molecular flexibility index (Phi) is 10.3. The maximum atomic E-state index is 14.8. The minimum Gasteiger partial charge on any atom is -0.481 e. The smallest absolute Gasteiger partial charge is 0.306 e. The van der Waals surface area contributed by atoms with Crippen LogP contribution in [-0.4, -0.2) is 82.1 Å². The van der Waals surface area contributed by atoms with Crippen LogP contribution in [0.15, 0.2) is 42.6 Å². The summed E-state index contributed by atoms with van der Waals surface area (Å²) in [5.41, 5.74) is 2.32. The first kappa shape index (κ1) is 33.9. The number of nitrogens with zero attached hydrogens (tertiary/aromatic N) is 3. The summed E-state index contributed by atoms with van der Waals surface area (Å²) in [5, 5.41) is 13.9. The predicted octanol–water partition coefficient (Wildman–Crippen LogP) is 6.33. The second-order valence-electron chi connectivity index (χ2n) is 12.9. The number of halogens is 2. The van der Waals surface area contributed by atoms with Gasteiger partial charge in [0.15, 0.2) is 5.78 Å². The third-order valence-corrected chi connectivity index (χ3v) is 10.7. The first-order chi connectivity index (χ1) is 22.6. The number of aliphatic carboxylic acids is 1. The highest BCUT2D eigenvalue weighted by molar-refractivity contribution is 6.36. The molecule has 47 heavy (non-hydrogen) atoms. The number of amides is 1. The van der Waals surface area contributed by atoms with E-state index in [1.807, 2.05) is 35.9 Å². The molecule has 1 saturated carbocycles. The first-order valence-corrected chi connectivity index (χ1v) is 17.2. The summed E-state index contributed by atoms with van der Waals surface area (Å²) in [5.74, 6) is -3.07. The van der Waals surface area contributed by atoms with Crippen LogP contribution in [0.5, 0.6) is 0 Å². The van der Waals surface area contributed by atoms with Crippen molar-refractivity contribution >= 4 is 57.5 Å². The zero-order valence-corrected chi connectivity index (χ0v) is 28.4. The van der Waals surface area contributed by atoms with Crippen molar-refractivity contribution in [2.75, 3.05) is 32.1 Å². The molecule has 3 aromatic rings.